The molecule has 2 aromatic heterocycles. The number of fused-ring (bicyclic) bond motifs is 1. The highest BCUT2D eigenvalue weighted by atomic mass is 35.5. The molecule has 6 heteroatoms. The summed E-state index contributed by atoms with van der Waals surface area (Å²) in [5, 5.41) is 10.8. The Balaban J connectivity index is 1.73. The van der Waals surface area contributed by atoms with Crippen LogP contribution in [0.25, 0.3) is 16.6 Å². The fourth-order valence-corrected chi connectivity index (χ4v) is 3.90. The molecule has 0 saturated heterocycles. The zero-order valence-corrected chi connectivity index (χ0v) is 17.1. The Morgan fingerprint density at radius 2 is 1.90 bits per heavy atom. The Hall–Kier alpha value is -2.92. The molecule has 0 spiro atoms. The minimum Gasteiger partial charge on any atom is -0.265 e. The summed E-state index contributed by atoms with van der Waals surface area (Å²) in [6.45, 7) is 4.48. The van der Waals surface area contributed by atoms with E-state index in [2.05, 4.69) is 31.1 Å². The van der Waals surface area contributed by atoms with Gasteiger partial charge in [0.2, 0.25) is 0 Å². The summed E-state index contributed by atoms with van der Waals surface area (Å²) in [6.07, 6.45) is 3.98. The zero-order chi connectivity index (χ0) is 20.1. The average Bonchev–Trinajstić information content (AvgIpc) is 3.46. The monoisotopic (exact) mass is 404 g/mol. The molecule has 2 aromatic carbocycles. The lowest BCUT2D eigenvalue weighted by molar-refractivity contribution is 0.626. The van der Waals surface area contributed by atoms with Crippen molar-refractivity contribution in [1.29, 1.82) is 0 Å². The molecular formula is C23H21ClN4O. The van der Waals surface area contributed by atoms with Crippen molar-refractivity contribution in [3.8, 4) is 5.69 Å². The van der Waals surface area contributed by atoms with Crippen LogP contribution in [0.1, 0.15) is 41.1 Å². The first kappa shape index (κ1) is 18.1. The lowest BCUT2D eigenvalue weighted by Gasteiger charge is -2.11. The van der Waals surface area contributed by atoms with E-state index in [0.29, 0.717) is 23.0 Å². The van der Waals surface area contributed by atoms with Gasteiger partial charge >= 0.3 is 0 Å². The predicted molar refractivity (Wildman–Crippen MR) is 115 cm³/mol. The second-order valence-electron chi connectivity index (χ2n) is 7.80. The van der Waals surface area contributed by atoms with E-state index in [9.17, 15) is 4.79 Å². The lowest BCUT2D eigenvalue weighted by Crippen LogP contribution is -2.26. The first-order valence-electron chi connectivity index (χ1n) is 9.82. The summed E-state index contributed by atoms with van der Waals surface area (Å²) >= 11 is 6.34. The van der Waals surface area contributed by atoms with Crippen LogP contribution < -0.4 is 5.56 Å². The Bertz CT molecular complexity index is 1300. The lowest BCUT2D eigenvalue weighted by atomic mass is 10.1. The quantitative estimate of drug-likeness (QED) is 0.492. The molecule has 0 radical (unpaired) electrons. The van der Waals surface area contributed by atoms with E-state index in [0.717, 1.165) is 35.2 Å². The van der Waals surface area contributed by atoms with E-state index in [1.807, 2.05) is 30.3 Å². The van der Waals surface area contributed by atoms with Crippen molar-refractivity contribution < 1.29 is 0 Å². The molecule has 0 aliphatic heterocycles. The van der Waals surface area contributed by atoms with E-state index >= 15 is 0 Å². The van der Waals surface area contributed by atoms with Gasteiger partial charge in [0, 0.05) is 16.3 Å². The SMILES string of the molecule is Cc1ccc(-n2ncc3c(C4CC4)nn(Cc4ccccc4Cl)c(=O)c32)cc1C. The second kappa shape index (κ2) is 6.85. The van der Waals surface area contributed by atoms with Crippen LogP contribution in [0.4, 0.5) is 0 Å². The highest BCUT2D eigenvalue weighted by Crippen LogP contribution is 2.41. The molecule has 1 saturated carbocycles. The molecule has 29 heavy (non-hydrogen) atoms. The van der Waals surface area contributed by atoms with Crippen molar-refractivity contribution >= 4 is 22.5 Å². The Morgan fingerprint density at radius 3 is 2.62 bits per heavy atom. The standard InChI is InChI=1S/C23H21ClN4O/c1-14-7-10-18(11-15(14)2)28-22-19(12-25-28)21(16-8-9-16)26-27(23(22)29)13-17-5-3-4-6-20(17)24/h3-7,10-12,16H,8-9,13H2,1-2H3. The van der Waals surface area contributed by atoms with Crippen LogP contribution in [-0.4, -0.2) is 19.6 Å². The van der Waals surface area contributed by atoms with Gasteiger partial charge in [-0.05, 0) is 61.6 Å². The maximum atomic E-state index is 13.4. The number of rotatable bonds is 4. The van der Waals surface area contributed by atoms with Crippen molar-refractivity contribution in [3.63, 3.8) is 0 Å². The molecule has 1 aliphatic carbocycles. The Kier molecular flexibility index (Phi) is 4.28. The smallest absolute Gasteiger partial charge is 0.265 e. The summed E-state index contributed by atoms with van der Waals surface area (Å²) in [6, 6.07) is 13.7. The van der Waals surface area contributed by atoms with Gasteiger partial charge in [0.15, 0.2) is 0 Å². The number of hydrogen-bond donors (Lipinski definition) is 0. The third kappa shape index (κ3) is 3.15. The van der Waals surface area contributed by atoms with Gasteiger partial charge in [0.1, 0.15) is 5.52 Å². The van der Waals surface area contributed by atoms with Crippen molar-refractivity contribution in [2.75, 3.05) is 0 Å². The largest absolute Gasteiger partial charge is 0.293 e. The van der Waals surface area contributed by atoms with E-state index in [1.165, 1.54) is 15.8 Å². The molecule has 0 N–H and O–H groups in total. The zero-order valence-electron chi connectivity index (χ0n) is 16.4. The Labute approximate surface area is 173 Å². The summed E-state index contributed by atoms with van der Waals surface area (Å²) in [5.74, 6) is 0.396. The molecule has 0 amide bonds. The van der Waals surface area contributed by atoms with Gasteiger partial charge in [-0.2, -0.15) is 10.2 Å². The van der Waals surface area contributed by atoms with Crippen molar-refractivity contribution in [1.82, 2.24) is 19.6 Å². The van der Waals surface area contributed by atoms with Gasteiger partial charge in [0.25, 0.3) is 5.56 Å². The minimum absolute atomic E-state index is 0.153. The highest BCUT2D eigenvalue weighted by molar-refractivity contribution is 6.31. The molecule has 0 atom stereocenters. The van der Waals surface area contributed by atoms with Crippen molar-refractivity contribution in [2.45, 2.75) is 39.2 Å². The first-order chi connectivity index (χ1) is 14.0. The number of benzene rings is 2. The Morgan fingerprint density at radius 1 is 1.10 bits per heavy atom. The van der Waals surface area contributed by atoms with Crippen LogP contribution in [0.2, 0.25) is 5.02 Å². The van der Waals surface area contributed by atoms with Crippen molar-refractivity contribution in [3.05, 3.63) is 86.4 Å². The summed E-state index contributed by atoms with van der Waals surface area (Å²) in [7, 11) is 0. The van der Waals surface area contributed by atoms with Crippen LogP contribution >= 0.6 is 11.6 Å². The molecule has 5 rings (SSSR count). The van der Waals surface area contributed by atoms with E-state index in [1.54, 1.807) is 10.9 Å². The molecule has 0 bridgehead atoms. The average molecular weight is 405 g/mol. The van der Waals surface area contributed by atoms with Gasteiger partial charge in [-0.1, -0.05) is 35.9 Å². The molecule has 4 aromatic rings. The normalized spacial score (nSPS) is 13.9. The van der Waals surface area contributed by atoms with Crippen molar-refractivity contribution in [2.24, 2.45) is 0 Å². The van der Waals surface area contributed by atoms with Crippen LogP contribution in [0, 0.1) is 13.8 Å². The molecule has 146 valence electrons. The maximum Gasteiger partial charge on any atom is 0.293 e. The number of nitrogens with zero attached hydrogens (tertiary/aromatic N) is 4. The van der Waals surface area contributed by atoms with Gasteiger partial charge in [0.05, 0.1) is 24.1 Å². The molecule has 1 aliphatic rings. The van der Waals surface area contributed by atoms with E-state index in [-0.39, 0.29) is 5.56 Å². The summed E-state index contributed by atoms with van der Waals surface area (Å²) in [4.78, 5) is 13.4. The van der Waals surface area contributed by atoms with Gasteiger partial charge in [-0.25, -0.2) is 9.36 Å². The number of hydrogen-bond acceptors (Lipinski definition) is 3. The molecule has 5 nitrogen and oxygen atoms in total. The number of halogens is 1. The third-order valence-corrected chi connectivity index (χ3v) is 6.06. The number of aromatic nitrogens is 4. The topological polar surface area (TPSA) is 52.7 Å². The molecule has 0 unspecified atom stereocenters. The van der Waals surface area contributed by atoms with E-state index < -0.39 is 0 Å². The summed E-state index contributed by atoms with van der Waals surface area (Å²) < 4.78 is 3.29. The molecule has 1 fully saturated rings. The first-order valence-corrected chi connectivity index (χ1v) is 10.2. The van der Waals surface area contributed by atoms with Crippen LogP contribution in [-0.2, 0) is 6.54 Å². The van der Waals surface area contributed by atoms with Gasteiger partial charge in [-0.3, -0.25) is 4.79 Å². The minimum atomic E-state index is -0.153. The predicted octanol–water partition coefficient (Wildman–Crippen LogP) is 4.78. The molecule has 2 heterocycles. The van der Waals surface area contributed by atoms with Gasteiger partial charge in [-0.15, -0.1) is 0 Å². The maximum absolute atomic E-state index is 13.4. The number of aryl methyl sites for hydroxylation is 2. The fraction of sp³-hybridized carbons (Fsp3) is 0.261. The summed E-state index contributed by atoms with van der Waals surface area (Å²) in [5.41, 5.74) is 5.53. The molecular weight excluding hydrogens is 384 g/mol. The third-order valence-electron chi connectivity index (χ3n) is 5.69. The highest BCUT2D eigenvalue weighted by Gasteiger charge is 2.30. The van der Waals surface area contributed by atoms with Crippen LogP contribution in [0.15, 0.2) is 53.5 Å². The van der Waals surface area contributed by atoms with E-state index in [4.69, 9.17) is 16.7 Å². The van der Waals surface area contributed by atoms with Gasteiger partial charge < -0.3 is 0 Å². The fourth-order valence-electron chi connectivity index (χ4n) is 3.70. The van der Waals surface area contributed by atoms with Crippen LogP contribution in [0.5, 0.6) is 0 Å². The van der Waals surface area contributed by atoms with Crippen LogP contribution in [0.3, 0.4) is 0 Å². The second-order valence-corrected chi connectivity index (χ2v) is 8.21.